The van der Waals surface area contributed by atoms with Gasteiger partial charge in [0.1, 0.15) is 5.75 Å². The lowest BCUT2D eigenvalue weighted by Crippen LogP contribution is -2.32. The van der Waals surface area contributed by atoms with Gasteiger partial charge in [0.15, 0.2) is 0 Å². The number of anilines is 1. The van der Waals surface area contributed by atoms with Gasteiger partial charge in [-0.3, -0.25) is 0 Å². The van der Waals surface area contributed by atoms with Crippen molar-refractivity contribution in [3.63, 3.8) is 0 Å². The van der Waals surface area contributed by atoms with Crippen LogP contribution in [0.25, 0.3) is 0 Å². The van der Waals surface area contributed by atoms with E-state index in [9.17, 15) is 14.9 Å². The standard InChI is InChI=1S/C16H16ClN5O4/c1-10-8-14(22(24)25)19-20-15(10)26-13-5-4-11(9-12(13)17)18-16(23)21-6-2-3-7-21/h4-5,8-9H,2-3,6-7H2,1H3,(H,18,23). The maximum atomic E-state index is 12.1. The van der Waals surface area contributed by atoms with Crippen LogP contribution in [0.15, 0.2) is 24.3 Å². The highest BCUT2D eigenvalue weighted by Crippen LogP contribution is 2.32. The lowest BCUT2D eigenvalue weighted by molar-refractivity contribution is -0.390. The number of nitrogens with zero attached hydrogens (tertiary/aromatic N) is 4. The molecule has 0 bridgehead atoms. The second-order valence-electron chi connectivity index (χ2n) is 5.82. The van der Waals surface area contributed by atoms with E-state index in [0.717, 1.165) is 25.9 Å². The third-order valence-electron chi connectivity index (χ3n) is 3.90. The van der Waals surface area contributed by atoms with Crippen LogP contribution < -0.4 is 10.1 Å². The predicted octanol–water partition coefficient (Wildman–Crippen LogP) is 3.77. The maximum Gasteiger partial charge on any atom is 0.391 e. The molecule has 2 heterocycles. The minimum absolute atomic E-state index is 0.117. The molecule has 1 fully saturated rings. The van der Waals surface area contributed by atoms with E-state index >= 15 is 0 Å². The Kier molecular flexibility index (Phi) is 5.17. The van der Waals surface area contributed by atoms with Gasteiger partial charge in [0.05, 0.1) is 10.1 Å². The van der Waals surface area contributed by atoms with E-state index in [-0.39, 0.29) is 22.8 Å². The summed E-state index contributed by atoms with van der Waals surface area (Å²) in [4.78, 5) is 23.9. The van der Waals surface area contributed by atoms with Crippen molar-refractivity contribution in [3.8, 4) is 11.6 Å². The molecular formula is C16H16ClN5O4. The molecule has 1 aromatic carbocycles. The summed E-state index contributed by atoms with van der Waals surface area (Å²) < 4.78 is 5.58. The Balaban J connectivity index is 1.71. The van der Waals surface area contributed by atoms with Crippen molar-refractivity contribution in [3.05, 3.63) is 45.0 Å². The first-order chi connectivity index (χ1) is 12.4. The predicted molar refractivity (Wildman–Crippen MR) is 94.8 cm³/mol. The van der Waals surface area contributed by atoms with Crippen LogP contribution in [0.1, 0.15) is 18.4 Å². The number of nitrogens with one attached hydrogen (secondary N) is 1. The van der Waals surface area contributed by atoms with Crippen molar-refractivity contribution in [2.75, 3.05) is 18.4 Å². The van der Waals surface area contributed by atoms with Crippen LogP contribution in [0, 0.1) is 17.0 Å². The van der Waals surface area contributed by atoms with Gasteiger partial charge >= 0.3 is 11.8 Å². The summed E-state index contributed by atoms with van der Waals surface area (Å²) in [6.07, 6.45) is 2.02. The van der Waals surface area contributed by atoms with Crippen LogP contribution in [0.5, 0.6) is 11.6 Å². The second kappa shape index (κ2) is 7.52. The molecule has 1 saturated heterocycles. The molecule has 10 heteroatoms. The molecule has 136 valence electrons. The number of likely N-dealkylation sites (tertiary alicyclic amines) is 1. The van der Waals surface area contributed by atoms with Crippen molar-refractivity contribution < 1.29 is 14.5 Å². The number of benzene rings is 1. The number of aryl methyl sites for hydroxylation is 1. The average molecular weight is 378 g/mol. The van der Waals surface area contributed by atoms with Crippen LogP contribution >= 0.6 is 11.6 Å². The normalized spacial score (nSPS) is 13.5. The lowest BCUT2D eigenvalue weighted by atomic mass is 10.3. The van der Waals surface area contributed by atoms with E-state index in [1.54, 1.807) is 30.0 Å². The van der Waals surface area contributed by atoms with Gasteiger partial charge in [-0.05, 0) is 42.9 Å². The lowest BCUT2D eigenvalue weighted by Gasteiger charge is -2.16. The van der Waals surface area contributed by atoms with Gasteiger partial charge in [0.25, 0.3) is 5.88 Å². The topological polar surface area (TPSA) is 110 Å². The van der Waals surface area contributed by atoms with E-state index in [4.69, 9.17) is 16.3 Å². The van der Waals surface area contributed by atoms with Crippen molar-refractivity contribution in [1.82, 2.24) is 15.1 Å². The minimum atomic E-state index is -0.630. The quantitative estimate of drug-likeness (QED) is 0.641. The highest BCUT2D eigenvalue weighted by atomic mass is 35.5. The third-order valence-corrected chi connectivity index (χ3v) is 4.19. The molecule has 2 amide bonds. The molecule has 0 atom stereocenters. The Hall–Kier alpha value is -2.94. The van der Waals surface area contributed by atoms with Crippen molar-refractivity contribution in [2.45, 2.75) is 19.8 Å². The molecule has 0 saturated carbocycles. The van der Waals surface area contributed by atoms with Gasteiger partial charge in [-0.2, -0.15) is 0 Å². The molecule has 0 aliphatic carbocycles. The summed E-state index contributed by atoms with van der Waals surface area (Å²) in [5.74, 6) is 0.0596. The summed E-state index contributed by atoms with van der Waals surface area (Å²) in [6, 6.07) is 5.91. The first-order valence-corrected chi connectivity index (χ1v) is 8.34. The largest absolute Gasteiger partial charge is 0.434 e. The van der Waals surface area contributed by atoms with E-state index in [1.165, 1.54) is 6.07 Å². The zero-order chi connectivity index (χ0) is 18.7. The first kappa shape index (κ1) is 17.9. The van der Waals surface area contributed by atoms with Gasteiger partial charge in [0.2, 0.25) is 0 Å². The summed E-state index contributed by atoms with van der Waals surface area (Å²) >= 11 is 6.21. The SMILES string of the molecule is Cc1cc([N+](=O)[O-])nnc1Oc1ccc(NC(=O)N2CCCC2)cc1Cl. The molecule has 1 aliphatic heterocycles. The fraction of sp³-hybridized carbons (Fsp3) is 0.312. The number of hydrogen-bond acceptors (Lipinski definition) is 6. The number of amides is 2. The van der Waals surface area contributed by atoms with Crippen LogP contribution in [0.3, 0.4) is 0 Å². The number of urea groups is 1. The van der Waals surface area contributed by atoms with Crippen LogP contribution in [0.2, 0.25) is 5.02 Å². The molecular weight excluding hydrogens is 362 g/mol. The molecule has 0 radical (unpaired) electrons. The number of nitro groups is 1. The van der Waals surface area contributed by atoms with Gasteiger partial charge < -0.3 is 25.1 Å². The van der Waals surface area contributed by atoms with E-state index in [1.807, 2.05) is 0 Å². The van der Waals surface area contributed by atoms with E-state index in [2.05, 4.69) is 15.5 Å². The van der Waals surface area contributed by atoms with Crippen LogP contribution in [0.4, 0.5) is 16.3 Å². The molecule has 26 heavy (non-hydrogen) atoms. The maximum absolute atomic E-state index is 12.1. The molecule has 0 spiro atoms. The Labute approximate surface area is 154 Å². The van der Waals surface area contributed by atoms with Gasteiger partial charge in [-0.25, -0.2) is 4.79 Å². The zero-order valence-electron chi connectivity index (χ0n) is 13.9. The number of carbonyl (C=O) groups is 1. The van der Waals surface area contributed by atoms with Crippen molar-refractivity contribution in [1.29, 1.82) is 0 Å². The van der Waals surface area contributed by atoms with E-state index in [0.29, 0.717) is 17.0 Å². The van der Waals surface area contributed by atoms with Crippen molar-refractivity contribution >= 4 is 29.1 Å². The summed E-state index contributed by atoms with van der Waals surface area (Å²) in [6.45, 7) is 3.12. The number of carbonyl (C=O) groups excluding carboxylic acids is 1. The molecule has 2 aromatic rings. The summed E-state index contributed by atoms with van der Waals surface area (Å²) in [5.41, 5.74) is 1.000. The van der Waals surface area contributed by atoms with Gasteiger partial charge in [-0.1, -0.05) is 11.6 Å². The molecule has 1 N–H and O–H groups in total. The Morgan fingerprint density at radius 2 is 2.04 bits per heavy atom. The Bertz CT molecular complexity index is 855. The molecule has 0 unspecified atom stereocenters. The average Bonchev–Trinajstić information content (AvgIpc) is 3.13. The molecule has 1 aromatic heterocycles. The van der Waals surface area contributed by atoms with Crippen LogP contribution in [-0.2, 0) is 0 Å². The second-order valence-corrected chi connectivity index (χ2v) is 6.23. The smallest absolute Gasteiger partial charge is 0.391 e. The molecule has 1 aliphatic rings. The molecule has 3 rings (SSSR count). The Morgan fingerprint density at radius 1 is 1.31 bits per heavy atom. The number of rotatable bonds is 4. The summed E-state index contributed by atoms with van der Waals surface area (Å²) in [7, 11) is 0. The highest BCUT2D eigenvalue weighted by Gasteiger charge is 2.19. The fourth-order valence-electron chi connectivity index (χ4n) is 2.54. The van der Waals surface area contributed by atoms with E-state index < -0.39 is 4.92 Å². The van der Waals surface area contributed by atoms with Crippen LogP contribution in [-0.4, -0.2) is 39.1 Å². The Morgan fingerprint density at radius 3 is 2.65 bits per heavy atom. The number of aromatic nitrogens is 2. The fourth-order valence-corrected chi connectivity index (χ4v) is 2.76. The zero-order valence-corrected chi connectivity index (χ0v) is 14.7. The molecule has 9 nitrogen and oxygen atoms in total. The summed E-state index contributed by atoms with van der Waals surface area (Å²) in [5, 5.41) is 21.0. The first-order valence-electron chi connectivity index (χ1n) is 7.96. The number of halogens is 1. The number of hydrogen-bond donors (Lipinski definition) is 1. The number of ether oxygens (including phenoxy) is 1. The van der Waals surface area contributed by atoms with Gasteiger partial charge in [-0.15, -0.1) is 0 Å². The minimum Gasteiger partial charge on any atom is -0.434 e. The third kappa shape index (κ3) is 3.99. The highest BCUT2D eigenvalue weighted by molar-refractivity contribution is 6.32. The van der Waals surface area contributed by atoms with Gasteiger partial charge in [0, 0.05) is 35.5 Å². The van der Waals surface area contributed by atoms with Crippen molar-refractivity contribution in [2.24, 2.45) is 0 Å². The monoisotopic (exact) mass is 377 g/mol.